The van der Waals surface area contributed by atoms with Gasteiger partial charge in [0.15, 0.2) is 6.10 Å². The predicted octanol–water partition coefficient (Wildman–Crippen LogP) is 2.97. The van der Waals surface area contributed by atoms with E-state index in [1.165, 1.54) is 16.7 Å². The lowest BCUT2D eigenvalue weighted by Gasteiger charge is -2.44. The summed E-state index contributed by atoms with van der Waals surface area (Å²) in [7, 11) is 0. The quantitative estimate of drug-likeness (QED) is 0.565. The van der Waals surface area contributed by atoms with Crippen molar-refractivity contribution in [2.45, 2.75) is 23.1 Å². The van der Waals surface area contributed by atoms with E-state index < -0.39 is 18.2 Å². The molecule has 2 aliphatic rings. The van der Waals surface area contributed by atoms with Crippen molar-refractivity contribution in [2.75, 3.05) is 6.61 Å². The predicted molar refractivity (Wildman–Crippen MR) is 111 cm³/mol. The number of primary amides is 1. The lowest BCUT2D eigenvalue weighted by atomic mass is 10.0. The first-order valence-corrected chi connectivity index (χ1v) is 10.4. The third-order valence-corrected chi connectivity index (χ3v) is 6.18. The lowest BCUT2D eigenvalue weighted by molar-refractivity contribution is -0.151. The van der Waals surface area contributed by atoms with Gasteiger partial charge >= 0.3 is 12.1 Å². The monoisotopic (exact) mass is 424 g/mol. The SMILES string of the molecule is NC(=O)OCC1C=C(C(=O)OC(c2ccccc2)c2ccccc2)N2C(=O)C[C@H]2S1. The Morgan fingerprint density at radius 2 is 1.67 bits per heavy atom. The summed E-state index contributed by atoms with van der Waals surface area (Å²) in [6.45, 7) is 0.0239. The fourth-order valence-electron chi connectivity index (χ4n) is 3.45. The van der Waals surface area contributed by atoms with Crippen LogP contribution in [0.4, 0.5) is 4.79 Å². The van der Waals surface area contributed by atoms with Gasteiger partial charge in [0.2, 0.25) is 5.91 Å². The van der Waals surface area contributed by atoms with Crippen molar-refractivity contribution >= 4 is 29.7 Å². The molecule has 0 radical (unpaired) electrons. The van der Waals surface area contributed by atoms with Crippen LogP contribution in [-0.4, -0.2) is 40.1 Å². The molecule has 1 saturated heterocycles. The Bertz CT molecular complexity index is 940. The second kappa shape index (κ2) is 8.62. The Kier molecular flexibility index (Phi) is 5.76. The summed E-state index contributed by atoms with van der Waals surface area (Å²) in [6.07, 6.45) is 0.429. The number of carbonyl (C=O) groups excluding carboxylic acids is 3. The summed E-state index contributed by atoms with van der Waals surface area (Å²) >= 11 is 1.45. The molecular weight excluding hydrogens is 404 g/mol. The van der Waals surface area contributed by atoms with Gasteiger partial charge in [-0.3, -0.25) is 9.69 Å². The van der Waals surface area contributed by atoms with E-state index in [0.717, 1.165) is 11.1 Å². The molecule has 0 aliphatic carbocycles. The molecule has 0 bridgehead atoms. The van der Waals surface area contributed by atoms with E-state index >= 15 is 0 Å². The third kappa shape index (κ3) is 4.18. The zero-order valence-electron chi connectivity index (χ0n) is 16.0. The van der Waals surface area contributed by atoms with E-state index in [4.69, 9.17) is 15.2 Å². The molecule has 4 rings (SSSR count). The average molecular weight is 424 g/mol. The maximum absolute atomic E-state index is 13.1. The number of thioether (sulfide) groups is 1. The normalized spacial score (nSPS) is 20.1. The Labute approximate surface area is 177 Å². The molecule has 0 aromatic heterocycles. The van der Waals surface area contributed by atoms with Gasteiger partial charge in [0.05, 0.1) is 17.0 Å². The summed E-state index contributed by atoms with van der Waals surface area (Å²) in [5.41, 5.74) is 6.87. The van der Waals surface area contributed by atoms with Crippen LogP contribution in [0.2, 0.25) is 0 Å². The van der Waals surface area contributed by atoms with Crippen molar-refractivity contribution in [3.8, 4) is 0 Å². The molecule has 2 aliphatic heterocycles. The lowest BCUT2D eigenvalue weighted by Crippen LogP contribution is -2.54. The average Bonchev–Trinajstić information content (AvgIpc) is 2.75. The number of nitrogens with two attached hydrogens (primary N) is 1. The summed E-state index contributed by atoms with van der Waals surface area (Å²) < 4.78 is 10.8. The number of amides is 2. The molecule has 1 unspecified atom stereocenters. The number of nitrogens with zero attached hydrogens (tertiary/aromatic N) is 1. The molecule has 30 heavy (non-hydrogen) atoms. The van der Waals surface area contributed by atoms with Crippen LogP contribution in [0.1, 0.15) is 23.7 Å². The van der Waals surface area contributed by atoms with Gasteiger partial charge in [0.25, 0.3) is 0 Å². The largest absolute Gasteiger partial charge is 0.448 e. The summed E-state index contributed by atoms with van der Waals surface area (Å²) in [5.74, 6) is -0.740. The second-order valence-electron chi connectivity index (χ2n) is 6.89. The summed E-state index contributed by atoms with van der Waals surface area (Å²) in [4.78, 5) is 37.7. The molecule has 2 heterocycles. The smallest absolute Gasteiger partial charge is 0.404 e. The van der Waals surface area contributed by atoms with Gasteiger partial charge in [-0.05, 0) is 17.2 Å². The van der Waals surface area contributed by atoms with E-state index in [1.807, 2.05) is 60.7 Å². The molecule has 8 heteroatoms. The van der Waals surface area contributed by atoms with Crippen LogP contribution in [0, 0.1) is 0 Å². The minimum Gasteiger partial charge on any atom is -0.448 e. The van der Waals surface area contributed by atoms with Gasteiger partial charge < -0.3 is 15.2 Å². The highest BCUT2D eigenvalue weighted by molar-refractivity contribution is 8.00. The molecule has 2 aromatic rings. The first-order chi connectivity index (χ1) is 14.5. The van der Waals surface area contributed by atoms with E-state index in [2.05, 4.69) is 0 Å². The Morgan fingerprint density at radius 1 is 1.07 bits per heavy atom. The number of fused-ring (bicyclic) bond motifs is 1. The number of β-lactam (4-membered cyclic amide) rings is 1. The molecule has 7 nitrogen and oxygen atoms in total. The molecule has 2 N–H and O–H groups in total. The van der Waals surface area contributed by atoms with Crippen LogP contribution in [0.15, 0.2) is 72.4 Å². The Hall–Kier alpha value is -3.26. The molecule has 1 fully saturated rings. The van der Waals surface area contributed by atoms with Crippen molar-refractivity contribution in [3.05, 3.63) is 83.6 Å². The fraction of sp³-hybridized carbons (Fsp3) is 0.227. The first kappa shape index (κ1) is 20.0. The summed E-state index contributed by atoms with van der Waals surface area (Å²) in [6, 6.07) is 18.8. The van der Waals surface area contributed by atoms with Crippen molar-refractivity contribution in [1.29, 1.82) is 0 Å². The van der Waals surface area contributed by atoms with Crippen molar-refractivity contribution in [2.24, 2.45) is 5.73 Å². The molecule has 0 spiro atoms. The van der Waals surface area contributed by atoms with E-state index in [-0.39, 0.29) is 28.8 Å². The number of hydrogen-bond donors (Lipinski definition) is 1. The Morgan fingerprint density at radius 3 is 2.20 bits per heavy atom. The molecule has 0 saturated carbocycles. The van der Waals surface area contributed by atoms with Crippen LogP contribution in [-0.2, 0) is 19.1 Å². The van der Waals surface area contributed by atoms with Crippen LogP contribution >= 0.6 is 11.8 Å². The van der Waals surface area contributed by atoms with Crippen LogP contribution in [0.3, 0.4) is 0 Å². The first-order valence-electron chi connectivity index (χ1n) is 9.45. The van der Waals surface area contributed by atoms with Crippen molar-refractivity contribution in [3.63, 3.8) is 0 Å². The molecule has 2 amide bonds. The van der Waals surface area contributed by atoms with E-state index in [9.17, 15) is 14.4 Å². The number of carbonyl (C=O) groups is 3. The van der Waals surface area contributed by atoms with Gasteiger partial charge in [-0.15, -0.1) is 11.8 Å². The molecule has 2 aromatic carbocycles. The summed E-state index contributed by atoms with van der Waals surface area (Å²) in [5, 5.41) is -0.472. The van der Waals surface area contributed by atoms with Gasteiger partial charge in [-0.2, -0.15) is 0 Å². The standard InChI is InChI=1S/C22H20N2O5S/c23-22(27)28-13-16-11-17(24-18(25)12-19(24)30-16)21(26)29-20(14-7-3-1-4-8-14)15-9-5-2-6-10-15/h1-11,16,19-20H,12-13H2,(H2,23,27)/t16?,19-/m1/s1. The molecular formula is C22H20N2O5S. The highest BCUT2D eigenvalue weighted by Gasteiger charge is 2.46. The minimum absolute atomic E-state index is 0.0239. The van der Waals surface area contributed by atoms with Gasteiger partial charge in [0.1, 0.15) is 12.3 Å². The zero-order chi connectivity index (χ0) is 21.1. The highest BCUT2D eigenvalue weighted by atomic mass is 32.2. The van der Waals surface area contributed by atoms with Gasteiger partial charge in [0, 0.05) is 0 Å². The topological polar surface area (TPSA) is 98.9 Å². The maximum Gasteiger partial charge on any atom is 0.404 e. The zero-order valence-corrected chi connectivity index (χ0v) is 16.8. The molecule has 2 atom stereocenters. The minimum atomic E-state index is -0.881. The van der Waals surface area contributed by atoms with Crippen LogP contribution < -0.4 is 5.73 Å². The third-order valence-electron chi connectivity index (χ3n) is 4.87. The second-order valence-corrected chi connectivity index (χ2v) is 8.31. The van der Waals surface area contributed by atoms with Gasteiger partial charge in [-0.1, -0.05) is 60.7 Å². The van der Waals surface area contributed by atoms with Crippen LogP contribution in [0.25, 0.3) is 0 Å². The maximum atomic E-state index is 13.1. The molecule has 154 valence electrons. The highest BCUT2D eigenvalue weighted by Crippen LogP contribution is 2.41. The van der Waals surface area contributed by atoms with Crippen molar-refractivity contribution in [1.82, 2.24) is 4.90 Å². The van der Waals surface area contributed by atoms with Crippen LogP contribution in [0.5, 0.6) is 0 Å². The van der Waals surface area contributed by atoms with E-state index in [0.29, 0.717) is 6.42 Å². The number of ether oxygens (including phenoxy) is 2. The van der Waals surface area contributed by atoms with E-state index in [1.54, 1.807) is 6.08 Å². The number of rotatable bonds is 6. The number of hydrogen-bond acceptors (Lipinski definition) is 6. The fourth-order valence-corrected chi connectivity index (χ4v) is 4.80. The Balaban J connectivity index is 1.60. The number of esters is 1. The van der Waals surface area contributed by atoms with Gasteiger partial charge in [-0.25, -0.2) is 9.59 Å². The van der Waals surface area contributed by atoms with Crippen molar-refractivity contribution < 1.29 is 23.9 Å². The number of benzene rings is 2.